The van der Waals surface area contributed by atoms with Crippen molar-refractivity contribution in [2.24, 2.45) is 0 Å². The monoisotopic (exact) mass is 448 g/mol. The number of hydrogen-bond donors (Lipinski definition) is 1. The van der Waals surface area contributed by atoms with Crippen LogP contribution in [0.4, 0.5) is 4.39 Å². The summed E-state index contributed by atoms with van der Waals surface area (Å²) in [6, 6.07) is 13.8. The van der Waals surface area contributed by atoms with Gasteiger partial charge in [0.2, 0.25) is 5.89 Å². The first kappa shape index (κ1) is 21.3. The summed E-state index contributed by atoms with van der Waals surface area (Å²) in [7, 11) is 0. The largest absolute Gasteiger partial charge is 0.441 e. The molecule has 0 aliphatic carbocycles. The van der Waals surface area contributed by atoms with Crippen molar-refractivity contribution in [2.45, 2.75) is 45.2 Å². The molecule has 1 N–H and O–H groups in total. The van der Waals surface area contributed by atoms with E-state index in [1.54, 1.807) is 16.7 Å². The van der Waals surface area contributed by atoms with E-state index in [1.165, 1.54) is 22.4 Å². The topological polar surface area (TPSA) is 82.1 Å². The van der Waals surface area contributed by atoms with E-state index in [4.69, 9.17) is 4.42 Å². The Morgan fingerprint density at radius 3 is 2.67 bits per heavy atom. The number of nitrogens with zero attached hydrogens (tertiary/aromatic N) is 3. The van der Waals surface area contributed by atoms with Crippen LogP contribution in [0.25, 0.3) is 16.6 Å². The third-order valence-corrected chi connectivity index (χ3v) is 6.12. The number of rotatable bonds is 8. The van der Waals surface area contributed by atoms with Crippen LogP contribution in [0, 0.1) is 5.82 Å². The SMILES string of the molecule is CCCc1ccc(-n2nc(CCCN[C@H]3Cn4c(=O)ccc5ccc(F)c3c54)oc2=O)cc1. The molecular weight excluding hydrogens is 423 g/mol. The van der Waals surface area contributed by atoms with E-state index in [9.17, 15) is 14.0 Å². The second kappa shape index (κ2) is 8.78. The molecule has 1 aliphatic heterocycles. The van der Waals surface area contributed by atoms with Crippen molar-refractivity contribution in [3.8, 4) is 5.69 Å². The van der Waals surface area contributed by atoms with Crippen molar-refractivity contribution >= 4 is 10.9 Å². The molecule has 1 atom stereocenters. The van der Waals surface area contributed by atoms with Crippen molar-refractivity contribution in [3.05, 3.63) is 92.3 Å². The fourth-order valence-electron chi connectivity index (χ4n) is 4.54. The normalized spacial score (nSPS) is 14.9. The van der Waals surface area contributed by atoms with Gasteiger partial charge in [0.05, 0.1) is 17.2 Å². The Balaban J connectivity index is 1.23. The first-order valence-electron chi connectivity index (χ1n) is 11.3. The summed E-state index contributed by atoms with van der Waals surface area (Å²) < 4.78 is 22.8. The maximum atomic E-state index is 14.6. The number of pyridine rings is 1. The Morgan fingerprint density at radius 2 is 1.88 bits per heavy atom. The number of nitrogens with one attached hydrogen (secondary N) is 1. The molecule has 3 heterocycles. The summed E-state index contributed by atoms with van der Waals surface area (Å²) in [5, 5.41) is 8.51. The molecule has 0 spiro atoms. The zero-order chi connectivity index (χ0) is 22.9. The average Bonchev–Trinajstić information content (AvgIpc) is 3.38. The van der Waals surface area contributed by atoms with Gasteiger partial charge >= 0.3 is 5.76 Å². The second-order valence-electron chi connectivity index (χ2n) is 8.38. The lowest BCUT2D eigenvalue weighted by molar-refractivity contribution is 0.434. The van der Waals surface area contributed by atoms with E-state index in [0.717, 1.165) is 18.2 Å². The molecule has 2 aromatic heterocycles. The number of hydrogen-bond acceptors (Lipinski definition) is 5. The molecule has 0 saturated heterocycles. The van der Waals surface area contributed by atoms with Gasteiger partial charge in [-0.2, -0.15) is 4.68 Å². The van der Waals surface area contributed by atoms with Gasteiger partial charge in [-0.1, -0.05) is 25.5 Å². The second-order valence-corrected chi connectivity index (χ2v) is 8.38. The molecule has 0 unspecified atom stereocenters. The van der Waals surface area contributed by atoms with Crippen LogP contribution in [0.15, 0.2) is 62.5 Å². The van der Waals surface area contributed by atoms with Gasteiger partial charge in [0.15, 0.2) is 0 Å². The molecule has 0 fully saturated rings. The van der Waals surface area contributed by atoms with Crippen molar-refractivity contribution in [3.63, 3.8) is 0 Å². The molecule has 0 amide bonds. The fourth-order valence-corrected chi connectivity index (χ4v) is 4.54. The molecule has 1 aliphatic rings. The van der Waals surface area contributed by atoms with Gasteiger partial charge in [-0.15, -0.1) is 5.10 Å². The third kappa shape index (κ3) is 4.02. The highest BCUT2D eigenvalue weighted by Crippen LogP contribution is 2.33. The Kier molecular flexibility index (Phi) is 5.68. The van der Waals surface area contributed by atoms with E-state index in [2.05, 4.69) is 17.3 Å². The minimum absolute atomic E-state index is 0.131. The summed E-state index contributed by atoms with van der Waals surface area (Å²) >= 11 is 0. The maximum absolute atomic E-state index is 14.6. The zero-order valence-electron chi connectivity index (χ0n) is 18.4. The standard InChI is InChI=1S/C25H25FN4O3/c1-2-4-16-6-10-18(11-7-16)30-25(32)33-21(28-30)5-3-14-27-20-15-29-22(31)13-9-17-8-12-19(26)23(20)24(17)29/h6-13,20,27H,2-5,14-15H2,1H3/t20-/m0/s1. The van der Waals surface area contributed by atoms with Gasteiger partial charge in [-0.25, -0.2) is 9.18 Å². The molecular formula is C25H25FN4O3. The summed E-state index contributed by atoms with van der Waals surface area (Å²) in [6.07, 6.45) is 3.17. The van der Waals surface area contributed by atoms with E-state index < -0.39 is 5.76 Å². The van der Waals surface area contributed by atoms with Gasteiger partial charge in [-0.05, 0) is 60.7 Å². The van der Waals surface area contributed by atoms with Crippen molar-refractivity contribution in [2.75, 3.05) is 6.54 Å². The predicted octanol–water partition coefficient (Wildman–Crippen LogP) is 3.51. The van der Waals surface area contributed by atoms with Gasteiger partial charge < -0.3 is 14.3 Å². The van der Waals surface area contributed by atoms with Crippen LogP contribution in [0.1, 0.15) is 42.8 Å². The highest BCUT2D eigenvalue weighted by atomic mass is 19.1. The molecule has 33 heavy (non-hydrogen) atoms. The molecule has 0 saturated carbocycles. The Hall–Kier alpha value is -3.52. The average molecular weight is 448 g/mol. The van der Waals surface area contributed by atoms with Gasteiger partial charge in [-0.3, -0.25) is 4.79 Å². The molecule has 0 bridgehead atoms. The maximum Gasteiger partial charge on any atom is 0.441 e. The van der Waals surface area contributed by atoms with Gasteiger partial charge in [0, 0.05) is 24.6 Å². The number of aromatic nitrogens is 3. The smallest absolute Gasteiger partial charge is 0.392 e. The van der Waals surface area contributed by atoms with Crippen LogP contribution < -0.4 is 16.6 Å². The highest BCUT2D eigenvalue weighted by Gasteiger charge is 2.28. The van der Waals surface area contributed by atoms with Crippen LogP contribution in [-0.2, 0) is 19.4 Å². The minimum Gasteiger partial charge on any atom is -0.392 e. The summed E-state index contributed by atoms with van der Waals surface area (Å²) in [5.74, 6) is -0.467. The summed E-state index contributed by atoms with van der Waals surface area (Å²) in [5.41, 5.74) is 2.95. The van der Waals surface area contributed by atoms with Crippen LogP contribution in [-0.4, -0.2) is 20.9 Å². The Bertz CT molecular complexity index is 1420. The third-order valence-electron chi connectivity index (χ3n) is 6.12. The Morgan fingerprint density at radius 1 is 1.09 bits per heavy atom. The molecule has 4 aromatic rings. The zero-order valence-corrected chi connectivity index (χ0v) is 18.4. The van der Waals surface area contributed by atoms with Crippen LogP contribution >= 0.6 is 0 Å². The number of aryl methyl sites for hydroxylation is 2. The van der Waals surface area contributed by atoms with E-state index in [-0.39, 0.29) is 17.4 Å². The molecule has 8 heteroatoms. The van der Waals surface area contributed by atoms with Crippen LogP contribution in [0.2, 0.25) is 0 Å². The fraction of sp³-hybridized carbons (Fsp3) is 0.320. The van der Waals surface area contributed by atoms with Crippen molar-refractivity contribution in [1.82, 2.24) is 19.7 Å². The molecule has 2 aromatic carbocycles. The quantitative estimate of drug-likeness (QED) is 0.417. The highest BCUT2D eigenvalue weighted by molar-refractivity contribution is 5.84. The van der Waals surface area contributed by atoms with E-state index >= 15 is 0 Å². The lowest BCUT2D eigenvalue weighted by Crippen LogP contribution is -2.26. The van der Waals surface area contributed by atoms with Crippen LogP contribution in [0.3, 0.4) is 0 Å². The predicted molar refractivity (Wildman–Crippen MR) is 123 cm³/mol. The van der Waals surface area contributed by atoms with Gasteiger partial charge in [0.25, 0.3) is 5.56 Å². The summed E-state index contributed by atoms with van der Waals surface area (Å²) in [4.78, 5) is 24.5. The first-order chi connectivity index (χ1) is 16.0. The van der Waals surface area contributed by atoms with E-state index in [1.807, 2.05) is 24.3 Å². The molecule has 5 rings (SSSR count). The molecule has 170 valence electrons. The number of halogens is 1. The van der Waals surface area contributed by atoms with Crippen molar-refractivity contribution in [1.29, 1.82) is 0 Å². The lowest BCUT2D eigenvalue weighted by atomic mass is 10.1. The van der Waals surface area contributed by atoms with Gasteiger partial charge in [0.1, 0.15) is 5.82 Å². The van der Waals surface area contributed by atoms with Crippen molar-refractivity contribution < 1.29 is 8.81 Å². The first-order valence-corrected chi connectivity index (χ1v) is 11.3. The summed E-state index contributed by atoms with van der Waals surface area (Å²) in [6.45, 7) is 3.08. The Labute approximate surface area is 189 Å². The minimum atomic E-state index is -0.513. The van der Waals surface area contributed by atoms with Crippen LogP contribution in [0.5, 0.6) is 0 Å². The lowest BCUT2D eigenvalue weighted by Gasteiger charge is -2.13. The van der Waals surface area contributed by atoms with E-state index in [0.29, 0.717) is 48.6 Å². The molecule has 0 radical (unpaired) electrons. The number of benzene rings is 2. The molecule has 7 nitrogen and oxygen atoms in total.